The van der Waals surface area contributed by atoms with E-state index < -0.39 is 4.92 Å². The maximum Gasteiger partial charge on any atom is 0.293 e. The Morgan fingerprint density at radius 1 is 1.19 bits per heavy atom. The number of rotatable bonds is 5. The molecule has 4 bridgehead atoms. The topological polar surface area (TPSA) is 84.3 Å². The van der Waals surface area contributed by atoms with Gasteiger partial charge in [-0.05, 0) is 80.8 Å². The Morgan fingerprint density at radius 3 is 2.27 bits per heavy atom. The van der Waals surface area contributed by atoms with Crippen LogP contribution in [0, 0.1) is 33.3 Å². The van der Waals surface area contributed by atoms with E-state index in [1.165, 1.54) is 44.6 Å². The van der Waals surface area contributed by atoms with Crippen LogP contribution in [0.5, 0.6) is 0 Å². The van der Waals surface area contributed by atoms with E-state index in [4.69, 9.17) is 0 Å². The van der Waals surface area contributed by atoms with Crippen LogP contribution in [0.25, 0.3) is 0 Å². The minimum atomic E-state index is -0.453. The summed E-state index contributed by atoms with van der Waals surface area (Å²) in [4.78, 5) is 23.6. The Hall–Kier alpha value is -2.11. The molecule has 26 heavy (non-hydrogen) atoms. The predicted octanol–water partition coefficient (Wildman–Crippen LogP) is 3.97. The normalized spacial score (nSPS) is 32.9. The first kappa shape index (κ1) is 17.3. The Morgan fingerprint density at radius 2 is 1.77 bits per heavy atom. The van der Waals surface area contributed by atoms with Crippen LogP contribution in [-0.4, -0.2) is 23.9 Å². The molecule has 6 heteroatoms. The average molecular weight is 357 g/mol. The van der Waals surface area contributed by atoms with E-state index in [9.17, 15) is 14.9 Å². The number of nitrogens with one attached hydrogen (secondary N) is 2. The Bertz CT molecular complexity index is 711. The summed E-state index contributed by atoms with van der Waals surface area (Å²) in [6.45, 7) is 2.13. The van der Waals surface area contributed by atoms with Crippen LogP contribution in [0.3, 0.4) is 0 Å². The van der Waals surface area contributed by atoms with Crippen molar-refractivity contribution in [2.24, 2.45) is 23.2 Å². The van der Waals surface area contributed by atoms with Gasteiger partial charge in [-0.3, -0.25) is 14.9 Å². The van der Waals surface area contributed by atoms with Gasteiger partial charge >= 0.3 is 0 Å². The zero-order chi connectivity index (χ0) is 18.5. The summed E-state index contributed by atoms with van der Waals surface area (Å²) in [5, 5.41) is 17.2. The molecule has 0 radical (unpaired) electrons. The fraction of sp³-hybridized carbons (Fsp3) is 0.650. The molecule has 4 saturated carbocycles. The molecule has 2 N–H and O–H groups in total. The second-order valence-corrected chi connectivity index (χ2v) is 8.71. The van der Waals surface area contributed by atoms with E-state index in [1.54, 1.807) is 19.2 Å². The van der Waals surface area contributed by atoms with Gasteiger partial charge in [-0.1, -0.05) is 0 Å². The van der Waals surface area contributed by atoms with E-state index in [2.05, 4.69) is 17.6 Å². The Kier molecular flexibility index (Phi) is 4.16. The smallest absolute Gasteiger partial charge is 0.293 e. The molecule has 1 aromatic carbocycles. The number of hydrogen-bond acceptors (Lipinski definition) is 4. The van der Waals surface area contributed by atoms with Crippen molar-refractivity contribution >= 4 is 17.3 Å². The summed E-state index contributed by atoms with van der Waals surface area (Å²) >= 11 is 0. The summed E-state index contributed by atoms with van der Waals surface area (Å²) < 4.78 is 0. The molecule has 1 aromatic rings. The summed E-state index contributed by atoms with van der Waals surface area (Å²) in [6, 6.07) is 4.72. The van der Waals surface area contributed by atoms with Crippen molar-refractivity contribution in [1.82, 2.24) is 5.32 Å². The molecule has 6 nitrogen and oxygen atoms in total. The molecule has 0 aliphatic heterocycles. The lowest BCUT2D eigenvalue weighted by Crippen LogP contribution is -2.55. The minimum absolute atomic E-state index is 0.0670. The fourth-order valence-corrected chi connectivity index (χ4v) is 6.18. The van der Waals surface area contributed by atoms with Gasteiger partial charge in [0.25, 0.3) is 11.6 Å². The molecular formula is C20H27N3O3. The summed E-state index contributed by atoms with van der Waals surface area (Å²) in [6.07, 6.45) is 7.78. The van der Waals surface area contributed by atoms with Crippen LogP contribution in [0.2, 0.25) is 0 Å². The number of nitro groups is 1. The third kappa shape index (κ3) is 2.85. The maximum atomic E-state index is 12.8. The molecule has 5 rings (SSSR count). The lowest BCUT2D eigenvalue weighted by Gasteiger charge is -2.59. The largest absolute Gasteiger partial charge is 0.383 e. The van der Waals surface area contributed by atoms with Crippen molar-refractivity contribution in [3.05, 3.63) is 33.9 Å². The average Bonchev–Trinajstić information content (AvgIpc) is 2.59. The van der Waals surface area contributed by atoms with Crippen molar-refractivity contribution in [3.63, 3.8) is 0 Å². The monoisotopic (exact) mass is 357 g/mol. The molecule has 0 unspecified atom stereocenters. The lowest BCUT2D eigenvalue weighted by atomic mass is 9.48. The van der Waals surface area contributed by atoms with E-state index >= 15 is 0 Å². The maximum absolute atomic E-state index is 12.8. The van der Waals surface area contributed by atoms with Gasteiger partial charge in [0.1, 0.15) is 5.69 Å². The van der Waals surface area contributed by atoms with Gasteiger partial charge in [-0.15, -0.1) is 0 Å². The Labute approximate surface area is 153 Å². The van der Waals surface area contributed by atoms with E-state index in [0.29, 0.717) is 11.3 Å². The quantitative estimate of drug-likeness (QED) is 0.617. The van der Waals surface area contributed by atoms with Crippen molar-refractivity contribution < 1.29 is 9.72 Å². The van der Waals surface area contributed by atoms with Crippen LogP contribution in [0.4, 0.5) is 11.4 Å². The first-order valence-corrected chi connectivity index (χ1v) is 9.67. The van der Waals surface area contributed by atoms with Crippen LogP contribution in [0.15, 0.2) is 18.2 Å². The molecule has 1 atom stereocenters. The zero-order valence-corrected chi connectivity index (χ0v) is 15.5. The van der Waals surface area contributed by atoms with Gasteiger partial charge in [0.2, 0.25) is 0 Å². The van der Waals surface area contributed by atoms with Crippen LogP contribution in [0.1, 0.15) is 55.8 Å². The fourth-order valence-electron chi connectivity index (χ4n) is 6.18. The molecule has 0 spiro atoms. The van der Waals surface area contributed by atoms with Gasteiger partial charge < -0.3 is 10.6 Å². The van der Waals surface area contributed by atoms with Crippen molar-refractivity contribution in [3.8, 4) is 0 Å². The summed E-state index contributed by atoms with van der Waals surface area (Å²) in [5.74, 6) is 2.28. The van der Waals surface area contributed by atoms with Crippen LogP contribution >= 0.6 is 0 Å². The second kappa shape index (κ2) is 6.25. The highest BCUT2D eigenvalue weighted by atomic mass is 16.6. The van der Waals surface area contributed by atoms with Gasteiger partial charge in [-0.25, -0.2) is 0 Å². The number of benzene rings is 1. The third-order valence-corrected chi connectivity index (χ3v) is 7.08. The number of carbonyl (C=O) groups is 1. The van der Waals surface area contributed by atoms with Crippen molar-refractivity contribution in [1.29, 1.82) is 0 Å². The van der Waals surface area contributed by atoms with Crippen LogP contribution < -0.4 is 10.6 Å². The van der Waals surface area contributed by atoms with Crippen molar-refractivity contribution in [2.75, 3.05) is 12.4 Å². The molecule has 140 valence electrons. The van der Waals surface area contributed by atoms with Gasteiger partial charge in [0, 0.05) is 24.7 Å². The summed E-state index contributed by atoms with van der Waals surface area (Å²) in [7, 11) is 1.64. The Balaban J connectivity index is 1.51. The summed E-state index contributed by atoms with van der Waals surface area (Å²) in [5.41, 5.74) is 0.928. The number of anilines is 1. The highest BCUT2D eigenvalue weighted by Crippen LogP contribution is 2.61. The lowest BCUT2D eigenvalue weighted by molar-refractivity contribution is -0.384. The zero-order valence-electron chi connectivity index (χ0n) is 15.5. The van der Waals surface area contributed by atoms with Gasteiger partial charge in [-0.2, -0.15) is 0 Å². The molecule has 0 heterocycles. The molecule has 4 aliphatic carbocycles. The third-order valence-electron chi connectivity index (χ3n) is 7.08. The van der Waals surface area contributed by atoms with Gasteiger partial charge in [0.15, 0.2) is 0 Å². The SMILES string of the molecule is CNc1ccc(C(=O)N[C@@H](C)C23CC4CC(CC(C4)C2)C3)cc1[N+](=O)[O-]. The molecular weight excluding hydrogens is 330 g/mol. The number of carbonyl (C=O) groups excluding carboxylic acids is 1. The highest BCUT2D eigenvalue weighted by Gasteiger charge is 2.53. The molecule has 4 aliphatic rings. The molecule has 4 fully saturated rings. The second-order valence-electron chi connectivity index (χ2n) is 8.71. The highest BCUT2D eigenvalue weighted by molar-refractivity contribution is 5.96. The van der Waals surface area contributed by atoms with E-state index in [-0.39, 0.29) is 23.1 Å². The number of nitro benzene ring substituents is 1. The van der Waals surface area contributed by atoms with Crippen molar-refractivity contribution in [2.45, 2.75) is 51.5 Å². The predicted molar refractivity (Wildman–Crippen MR) is 100 cm³/mol. The van der Waals surface area contributed by atoms with Crippen LogP contribution in [-0.2, 0) is 0 Å². The number of nitrogens with zero attached hydrogens (tertiary/aromatic N) is 1. The van der Waals surface area contributed by atoms with Gasteiger partial charge in [0.05, 0.1) is 4.92 Å². The molecule has 0 aromatic heterocycles. The first-order valence-electron chi connectivity index (χ1n) is 9.67. The van der Waals surface area contributed by atoms with E-state index in [0.717, 1.165) is 17.8 Å². The van der Waals surface area contributed by atoms with E-state index in [1.807, 2.05) is 0 Å². The number of amides is 1. The molecule has 0 saturated heterocycles. The minimum Gasteiger partial charge on any atom is -0.383 e. The standard InChI is InChI=1S/C20H27N3O3/c1-12(20-9-13-5-14(10-20)7-15(6-13)11-20)22-19(24)16-3-4-17(21-2)18(8-16)23(25)26/h3-4,8,12-15,21H,5-7,9-11H2,1-2H3,(H,22,24)/t12-,13?,14?,15?,20?/m0/s1. The first-order chi connectivity index (χ1) is 12.4. The number of hydrogen-bond donors (Lipinski definition) is 2. The molecule has 1 amide bonds.